The minimum atomic E-state index is -1.14. The third-order valence-electron chi connectivity index (χ3n) is 2.44. The molecule has 0 bridgehead atoms. The molecule has 7 heteroatoms. The van der Waals surface area contributed by atoms with Crippen LogP contribution in [0.1, 0.15) is 48.0 Å². The molecule has 0 aromatic rings. The molecule has 2 atom stereocenters. The van der Waals surface area contributed by atoms with Crippen molar-refractivity contribution in [3.8, 4) is 0 Å². The Balaban J connectivity index is 4.75. The summed E-state index contributed by atoms with van der Waals surface area (Å²) in [5.74, 6) is -1.52. The molecule has 7 nitrogen and oxygen atoms in total. The Morgan fingerprint density at radius 3 is 2.00 bits per heavy atom. The van der Waals surface area contributed by atoms with Gasteiger partial charge < -0.3 is 20.5 Å². The van der Waals surface area contributed by atoms with E-state index in [-0.39, 0.29) is 5.92 Å². The highest BCUT2D eigenvalue weighted by molar-refractivity contribution is 5.89. The van der Waals surface area contributed by atoms with E-state index < -0.39 is 35.7 Å². The fraction of sp³-hybridized carbons (Fsp3) is 0.786. The number of alkyl carbamates (subject to hydrolysis) is 1. The third-order valence-corrected chi connectivity index (χ3v) is 2.44. The van der Waals surface area contributed by atoms with E-state index in [0.29, 0.717) is 6.42 Å². The van der Waals surface area contributed by atoms with Gasteiger partial charge in [-0.3, -0.25) is 9.59 Å². The molecule has 2 amide bonds. The van der Waals surface area contributed by atoms with Crippen LogP contribution >= 0.6 is 0 Å². The second-order valence-electron chi connectivity index (χ2n) is 6.40. The largest absolute Gasteiger partial charge is 0.480 e. The number of amides is 2. The van der Waals surface area contributed by atoms with Crippen molar-refractivity contribution in [2.24, 2.45) is 5.92 Å². The molecule has 0 aromatic carbocycles. The van der Waals surface area contributed by atoms with Gasteiger partial charge in [-0.1, -0.05) is 13.8 Å². The maximum Gasteiger partial charge on any atom is 0.408 e. The normalized spacial score (nSPS) is 14.2. The van der Waals surface area contributed by atoms with E-state index in [1.165, 1.54) is 6.92 Å². The lowest BCUT2D eigenvalue weighted by Gasteiger charge is -2.24. The summed E-state index contributed by atoms with van der Waals surface area (Å²) < 4.78 is 5.11. The standard InChI is InChI=1S/C14H26N2O5/c1-8(2)7-10(11(17)15-9(3)12(18)19)16-13(20)21-14(4,5)6/h8-10H,7H2,1-6H3,(H,15,17)(H,16,20)(H,18,19)/t9-,10?/m0/s1. The zero-order chi connectivity index (χ0) is 16.8. The van der Waals surface area contributed by atoms with Crippen LogP contribution in [-0.4, -0.2) is 40.8 Å². The van der Waals surface area contributed by atoms with Gasteiger partial charge in [0.2, 0.25) is 5.91 Å². The van der Waals surface area contributed by atoms with Gasteiger partial charge in [-0.05, 0) is 40.0 Å². The summed E-state index contributed by atoms with van der Waals surface area (Å²) >= 11 is 0. The number of rotatable bonds is 6. The van der Waals surface area contributed by atoms with E-state index in [0.717, 1.165) is 0 Å². The van der Waals surface area contributed by atoms with Gasteiger partial charge in [0.05, 0.1) is 0 Å². The number of hydrogen-bond donors (Lipinski definition) is 3. The highest BCUT2D eigenvalue weighted by Gasteiger charge is 2.27. The van der Waals surface area contributed by atoms with Crippen LogP contribution in [0, 0.1) is 5.92 Å². The van der Waals surface area contributed by atoms with Crippen molar-refractivity contribution in [2.75, 3.05) is 0 Å². The van der Waals surface area contributed by atoms with Gasteiger partial charge in [0, 0.05) is 0 Å². The van der Waals surface area contributed by atoms with Crippen molar-refractivity contribution < 1.29 is 24.2 Å². The molecule has 122 valence electrons. The Kier molecular flexibility index (Phi) is 7.18. The van der Waals surface area contributed by atoms with E-state index in [1.807, 2.05) is 13.8 Å². The smallest absolute Gasteiger partial charge is 0.408 e. The van der Waals surface area contributed by atoms with Crippen LogP contribution in [-0.2, 0) is 14.3 Å². The highest BCUT2D eigenvalue weighted by atomic mass is 16.6. The molecule has 0 aliphatic carbocycles. The van der Waals surface area contributed by atoms with Gasteiger partial charge in [-0.25, -0.2) is 4.79 Å². The summed E-state index contributed by atoms with van der Waals surface area (Å²) in [6.45, 7) is 10.3. The van der Waals surface area contributed by atoms with Crippen LogP contribution < -0.4 is 10.6 Å². The predicted molar refractivity (Wildman–Crippen MR) is 77.9 cm³/mol. The molecule has 21 heavy (non-hydrogen) atoms. The SMILES string of the molecule is CC(C)CC(NC(=O)OC(C)(C)C)C(=O)N[C@@H](C)C(=O)O. The predicted octanol–water partition coefficient (Wildman–Crippen LogP) is 1.52. The van der Waals surface area contributed by atoms with E-state index in [2.05, 4.69) is 10.6 Å². The van der Waals surface area contributed by atoms with Crippen LogP contribution in [0.2, 0.25) is 0 Å². The van der Waals surface area contributed by atoms with Gasteiger partial charge in [0.25, 0.3) is 0 Å². The van der Waals surface area contributed by atoms with E-state index in [4.69, 9.17) is 9.84 Å². The zero-order valence-corrected chi connectivity index (χ0v) is 13.5. The van der Waals surface area contributed by atoms with Crippen LogP contribution in [0.5, 0.6) is 0 Å². The molecule has 0 aliphatic heterocycles. The van der Waals surface area contributed by atoms with E-state index in [1.54, 1.807) is 20.8 Å². The lowest BCUT2D eigenvalue weighted by molar-refractivity contribution is -0.141. The molecule has 0 saturated carbocycles. The number of ether oxygens (including phenoxy) is 1. The minimum absolute atomic E-state index is 0.149. The molecule has 0 heterocycles. The Bertz CT molecular complexity index is 387. The lowest BCUT2D eigenvalue weighted by atomic mass is 10.0. The first-order chi connectivity index (χ1) is 9.42. The first-order valence-electron chi connectivity index (χ1n) is 6.95. The first kappa shape index (κ1) is 19.2. The summed E-state index contributed by atoms with van der Waals surface area (Å²) in [6.07, 6.45) is -0.316. The van der Waals surface area contributed by atoms with Gasteiger partial charge >= 0.3 is 12.1 Å². The van der Waals surface area contributed by atoms with E-state index >= 15 is 0 Å². The fourth-order valence-electron chi connectivity index (χ4n) is 1.53. The molecular weight excluding hydrogens is 276 g/mol. The van der Waals surface area contributed by atoms with Crippen molar-refractivity contribution in [3.63, 3.8) is 0 Å². The van der Waals surface area contributed by atoms with Crippen molar-refractivity contribution in [3.05, 3.63) is 0 Å². The fourth-order valence-corrected chi connectivity index (χ4v) is 1.53. The molecule has 0 aliphatic rings. The summed E-state index contributed by atoms with van der Waals surface area (Å²) in [6, 6.07) is -1.85. The monoisotopic (exact) mass is 302 g/mol. The Labute approximate surface area is 125 Å². The number of carboxylic acids is 1. The number of hydrogen-bond acceptors (Lipinski definition) is 4. The first-order valence-corrected chi connectivity index (χ1v) is 6.95. The van der Waals surface area contributed by atoms with Gasteiger partial charge in [0.1, 0.15) is 17.7 Å². The van der Waals surface area contributed by atoms with Crippen molar-refractivity contribution in [1.82, 2.24) is 10.6 Å². The number of aliphatic carboxylic acids is 1. The maximum atomic E-state index is 12.0. The number of nitrogens with one attached hydrogen (secondary N) is 2. The van der Waals surface area contributed by atoms with Crippen LogP contribution in [0.3, 0.4) is 0 Å². The second-order valence-corrected chi connectivity index (χ2v) is 6.40. The molecule has 3 N–H and O–H groups in total. The van der Waals surface area contributed by atoms with Crippen molar-refractivity contribution in [1.29, 1.82) is 0 Å². The summed E-state index contributed by atoms with van der Waals surface area (Å²) in [5, 5.41) is 13.6. The van der Waals surface area contributed by atoms with Gasteiger partial charge in [0.15, 0.2) is 0 Å². The summed E-state index contributed by atoms with van der Waals surface area (Å²) in [7, 11) is 0. The quantitative estimate of drug-likeness (QED) is 0.690. The average molecular weight is 302 g/mol. The summed E-state index contributed by atoms with van der Waals surface area (Å²) in [4.78, 5) is 34.6. The Morgan fingerprint density at radius 2 is 1.62 bits per heavy atom. The van der Waals surface area contributed by atoms with Gasteiger partial charge in [-0.2, -0.15) is 0 Å². The van der Waals surface area contributed by atoms with Crippen LogP contribution in [0.4, 0.5) is 4.79 Å². The highest BCUT2D eigenvalue weighted by Crippen LogP contribution is 2.09. The molecule has 0 rings (SSSR count). The maximum absolute atomic E-state index is 12.0. The second kappa shape index (κ2) is 7.85. The Morgan fingerprint density at radius 1 is 1.10 bits per heavy atom. The minimum Gasteiger partial charge on any atom is -0.480 e. The third kappa shape index (κ3) is 8.88. The zero-order valence-electron chi connectivity index (χ0n) is 13.5. The van der Waals surface area contributed by atoms with Gasteiger partial charge in [-0.15, -0.1) is 0 Å². The molecule has 0 aromatic heterocycles. The van der Waals surface area contributed by atoms with Crippen LogP contribution in [0.25, 0.3) is 0 Å². The lowest BCUT2D eigenvalue weighted by Crippen LogP contribution is -2.52. The Hall–Kier alpha value is -1.79. The number of carbonyl (C=O) groups excluding carboxylic acids is 2. The summed E-state index contributed by atoms with van der Waals surface area (Å²) in [5.41, 5.74) is -0.669. The average Bonchev–Trinajstić information content (AvgIpc) is 2.24. The topological polar surface area (TPSA) is 105 Å². The number of carbonyl (C=O) groups is 3. The molecule has 0 radical (unpaired) electrons. The molecule has 1 unspecified atom stereocenters. The molecule has 0 saturated heterocycles. The number of carboxylic acid groups (broad SMARTS) is 1. The van der Waals surface area contributed by atoms with Crippen molar-refractivity contribution in [2.45, 2.75) is 65.6 Å². The van der Waals surface area contributed by atoms with E-state index in [9.17, 15) is 14.4 Å². The molecule has 0 fully saturated rings. The van der Waals surface area contributed by atoms with Crippen LogP contribution in [0.15, 0.2) is 0 Å². The van der Waals surface area contributed by atoms with Crippen molar-refractivity contribution >= 4 is 18.0 Å². The molecular formula is C14H26N2O5. The molecule has 0 spiro atoms.